The molecular weight excluding hydrogens is 436 g/mol. The first-order valence-electron chi connectivity index (χ1n) is 14.2. The number of aliphatic hydroxyl groups excluding tert-OH is 2. The Kier molecular flexibility index (Phi) is 6.36. The summed E-state index contributed by atoms with van der Waals surface area (Å²) in [5.74, 6) is 0.342. The Labute approximate surface area is 214 Å². The lowest BCUT2D eigenvalue weighted by Gasteiger charge is -2.69. The fourth-order valence-corrected chi connectivity index (χ4v) is 9.27. The van der Waals surface area contributed by atoms with Crippen LogP contribution in [0.4, 0.5) is 0 Å². The minimum absolute atomic E-state index is 0.0617. The highest BCUT2D eigenvalue weighted by Crippen LogP contribution is 2.72. The van der Waals surface area contributed by atoms with Crippen LogP contribution in [-0.4, -0.2) is 39.4 Å². The second-order valence-corrected chi connectivity index (χ2v) is 15.4. The van der Waals surface area contributed by atoms with Gasteiger partial charge >= 0.3 is 0 Å². The number of aliphatic hydroxyl groups is 3. The molecule has 3 fully saturated rings. The van der Waals surface area contributed by atoms with Gasteiger partial charge in [-0.2, -0.15) is 0 Å². The summed E-state index contributed by atoms with van der Waals surface area (Å²) < 4.78 is 0. The van der Waals surface area contributed by atoms with Gasteiger partial charge in [0, 0.05) is 10.8 Å². The second-order valence-electron chi connectivity index (χ2n) is 15.4. The zero-order valence-corrected chi connectivity index (χ0v) is 23.7. The molecule has 0 aromatic rings. The molecule has 4 aliphatic rings. The zero-order chi connectivity index (χ0) is 26.3. The maximum Gasteiger partial charge on any atom is 0.125 e. The standard InChI is InChI=1S/C31H52O4/c1-25(2)13-15-27(5,20-32)16-18-31(35)24(34)19-22-28(6)11-10-23(33)26(3,4)21(28)9-12-29(22,7)30(31,8)17-14-25/h19-21,23-24,33-35H,9-18H2,1-8H3/t21-,23-,24?,27-,28-,29+,30-,31+/m0/s1. The molecule has 0 radical (unpaired) electrons. The predicted octanol–water partition coefficient (Wildman–Crippen LogP) is 6.21. The maximum absolute atomic E-state index is 12.5. The Balaban J connectivity index is 1.87. The first-order chi connectivity index (χ1) is 15.9. The van der Waals surface area contributed by atoms with Gasteiger partial charge in [-0.1, -0.05) is 67.0 Å². The monoisotopic (exact) mass is 488 g/mol. The summed E-state index contributed by atoms with van der Waals surface area (Å²) in [6.45, 7) is 18.0. The summed E-state index contributed by atoms with van der Waals surface area (Å²) in [5, 5.41) is 35.2. The van der Waals surface area contributed by atoms with Gasteiger partial charge in [0.15, 0.2) is 0 Å². The van der Waals surface area contributed by atoms with Crippen molar-refractivity contribution in [2.24, 2.45) is 38.4 Å². The molecule has 0 aromatic carbocycles. The predicted molar refractivity (Wildman–Crippen MR) is 141 cm³/mol. The number of rotatable bonds is 1. The van der Waals surface area contributed by atoms with E-state index in [2.05, 4.69) is 48.5 Å². The van der Waals surface area contributed by atoms with Crippen LogP contribution in [0.25, 0.3) is 0 Å². The first-order valence-corrected chi connectivity index (χ1v) is 14.2. The van der Waals surface area contributed by atoms with Crippen LogP contribution >= 0.6 is 0 Å². The fourth-order valence-electron chi connectivity index (χ4n) is 9.27. The third kappa shape index (κ3) is 3.75. The highest BCUT2D eigenvalue weighted by molar-refractivity contribution is 5.58. The molecule has 4 rings (SSSR count). The normalized spacial score (nSPS) is 51.7. The number of aldehydes is 1. The van der Waals surface area contributed by atoms with Crippen LogP contribution in [-0.2, 0) is 4.79 Å². The van der Waals surface area contributed by atoms with E-state index < -0.39 is 22.5 Å². The number of carbonyl (C=O) groups is 1. The first kappa shape index (κ1) is 27.3. The summed E-state index contributed by atoms with van der Waals surface area (Å²) in [6, 6.07) is 0. The van der Waals surface area contributed by atoms with Crippen molar-refractivity contribution in [3.63, 3.8) is 0 Å². The Morgan fingerprint density at radius 1 is 0.800 bits per heavy atom. The Morgan fingerprint density at radius 3 is 2.03 bits per heavy atom. The zero-order valence-electron chi connectivity index (χ0n) is 23.7. The van der Waals surface area contributed by atoms with Crippen LogP contribution in [0, 0.1) is 38.4 Å². The summed E-state index contributed by atoms with van der Waals surface area (Å²) in [5.41, 5.74) is -1.45. The van der Waals surface area contributed by atoms with E-state index in [0.717, 1.165) is 57.7 Å². The quantitative estimate of drug-likeness (QED) is 0.303. The van der Waals surface area contributed by atoms with Crippen LogP contribution in [0.3, 0.4) is 0 Å². The number of carbonyl (C=O) groups excluding carboxylic acids is 1. The molecule has 4 aliphatic carbocycles. The molecule has 8 atom stereocenters. The average molecular weight is 489 g/mol. The van der Waals surface area contributed by atoms with E-state index in [1.165, 1.54) is 5.57 Å². The van der Waals surface area contributed by atoms with Gasteiger partial charge in [-0.25, -0.2) is 0 Å². The molecule has 4 heteroatoms. The highest BCUT2D eigenvalue weighted by atomic mass is 16.3. The van der Waals surface area contributed by atoms with Crippen molar-refractivity contribution in [1.82, 2.24) is 0 Å². The molecule has 3 saturated carbocycles. The Bertz CT molecular complexity index is 890. The SMILES string of the molecule is CC1(C)CC[C@](C)(C=O)CC[C@@]2(O)C(O)C=C3[C@@]4(C)CC[C@H](O)C(C)(C)[C@@H]4CC[C@@]3(C)[C@]2(C)CC1. The summed E-state index contributed by atoms with van der Waals surface area (Å²) >= 11 is 0. The molecule has 35 heavy (non-hydrogen) atoms. The summed E-state index contributed by atoms with van der Waals surface area (Å²) in [4.78, 5) is 12.2. The third-order valence-electron chi connectivity index (χ3n) is 12.6. The van der Waals surface area contributed by atoms with Crippen molar-refractivity contribution in [2.45, 2.75) is 137 Å². The molecule has 200 valence electrons. The maximum atomic E-state index is 12.5. The molecule has 0 bridgehead atoms. The van der Waals surface area contributed by atoms with Crippen molar-refractivity contribution in [1.29, 1.82) is 0 Å². The number of fused-ring (bicyclic) bond motifs is 5. The van der Waals surface area contributed by atoms with E-state index in [0.29, 0.717) is 18.8 Å². The molecule has 0 amide bonds. The number of allylic oxidation sites excluding steroid dienone is 1. The smallest absolute Gasteiger partial charge is 0.125 e. The van der Waals surface area contributed by atoms with Gasteiger partial charge in [0.1, 0.15) is 18.0 Å². The average Bonchev–Trinajstić information content (AvgIpc) is 2.78. The van der Waals surface area contributed by atoms with Crippen LogP contribution in [0.15, 0.2) is 11.6 Å². The largest absolute Gasteiger partial charge is 0.393 e. The minimum atomic E-state index is -1.28. The van der Waals surface area contributed by atoms with Crippen molar-refractivity contribution in [3.05, 3.63) is 11.6 Å². The topological polar surface area (TPSA) is 77.8 Å². The minimum Gasteiger partial charge on any atom is -0.393 e. The van der Waals surface area contributed by atoms with Crippen LogP contribution < -0.4 is 0 Å². The van der Waals surface area contributed by atoms with Crippen molar-refractivity contribution >= 4 is 6.29 Å². The van der Waals surface area contributed by atoms with Crippen molar-refractivity contribution in [2.75, 3.05) is 0 Å². The Hall–Kier alpha value is -0.710. The summed E-state index contributed by atoms with van der Waals surface area (Å²) in [6.07, 6.45) is 10.2. The number of hydrogen-bond donors (Lipinski definition) is 3. The highest BCUT2D eigenvalue weighted by Gasteiger charge is 2.69. The van der Waals surface area contributed by atoms with Gasteiger partial charge in [0.25, 0.3) is 0 Å². The second kappa shape index (κ2) is 8.14. The van der Waals surface area contributed by atoms with Gasteiger partial charge in [0.2, 0.25) is 0 Å². The van der Waals surface area contributed by atoms with E-state index >= 15 is 0 Å². The molecule has 0 heterocycles. The third-order valence-corrected chi connectivity index (χ3v) is 12.6. The van der Waals surface area contributed by atoms with E-state index in [1.54, 1.807) is 0 Å². The molecule has 4 nitrogen and oxygen atoms in total. The van der Waals surface area contributed by atoms with Gasteiger partial charge in [-0.15, -0.1) is 0 Å². The lowest BCUT2D eigenvalue weighted by atomic mass is 9.36. The van der Waals surface area contributed by atoms with Gasteiger partial charge < -0.3 is 20.1 Å². The summed E-state index contributed by atoms with van der Waals surface area (Å²) in [7, 11) is 0. The van der Waals surface area contributed by atoms with Crippen molar-refractivity contribution in [3.8, 4) is 0 Å². The van der Waals surface area contributed by atoms with Crippen LogP contribution in [0.2, 0.25) is 0 Å². The van der Waals surface area contributed by atoms with E-state index in [9.17, 15) is 20.1 Å². The molecule has 0 aromatic heterocycles. The molecule has 3 N–H and O–H groups in total. The number of hydrogen-bond acceptors (Lipinski definition) is 4. The van der Waals surface area contributed by atoms with E-state index in [-0.39, 0.29) is 27.8 Å². The molecule has 1 unspecified atom stereocenters. The Morgan fingerprint density at radius 2 is 1.40 bits per heavy atom. The van der Waals surface area contributed by atoms with Gasteiger partial charge in [0.05, 0.1) is 6.10 Å². The molecule has 0 spiro atoms. The lowest BCUT2D eigenvalue weighted by molar-refractivity contribution is -0.221. The molecule has 0 saturated heterocycles. The van der Waals surface area contributed by atoms with Crippen LogP contribution in [0.1, 0.15) is 120 Å². The van der Waals surface area contributed by atoms with Gasteiger partial charge in [-0.3, -0.25) is 0 Å². The molecule has 0 aliphatic heterocycles. The molecular formula is C31H52O4. The van der Waals surface area contributed by atoms with Gasteiger partial charge in [-0.05, 0) is 91.8 Å². The fraction of sp³-hybridized carbons (Fsp3) is 0.903. The van der Waals surface area contributed by atoms with E-state index in [4.69, 9.17) is 0 Å². The van der Waals surface area contributed by atoms with Crippen molar-refractivity contribution < 1.29 is 20.1 Å². The van der Waals surface area contributed by atoms with Crippen LogP contribution in [0.5, 0.6) is 0 Å². The lowest BCUT2D eigenvalue weighted by Crippen LogP contribution is -2.68. The van der Waals surface area contributed by atoms with E-state index in [1.807, 2.05) is 13.0 Å².